The van der Waals surface area contributed by atoms with Crippen molar-refractivity contribution in [3.8, 4) is 0 Å². The first-order valence-corrected chi connectivity index (χ1v) is 13.0. The largest absolute Gasteiger partial charge is 0.416 e. The Morgan fingerprint density at radius 3 is 1.86 bits per heavy atom. The van der Waals surface area contributed by atoms with Gasteiger partial charge >= 0.3 is 12.4 Å². The number of hydrogen-bond acceptors (Lipinski definition) is 2. The van der Waals surface area contributed by atoms with Gasteiger partial charge in [-0.05, 0) is 69.2 Å². The van der Waals surface area contributed by atoms with Gasteiger partial charge in [0.25, 0.3) is 0 Å². The smallest absolute Gasteiger partial charge is 0.358 e. The summed E-state index contributed by atoms with van der Waals surface area (Å²) in [5, 5.41) is 5.83. The minimum atomic E-state index is -4.90. The molecule has 0 bridgehead atoms. The molecule has 1 fully saturated rings. The molecule has 1 saturated carbocycles. The first-order chi connectivity index (χ1) is 16.5. The van der Waals surface area contributed by atoms with Crippen LogP contribution in [0.1, 0.15) is 89.2 Å². The van der Waals surface area contributed by atoms with Gasteiger partial charge in [0.15, 0.2) is 5.11 Å². The first kappa shape index (κ1) is 29.7. The van der Waals surface area contributed by atoms with E-state index in [0.717, 1.165) is 77.3 Å². The zero-order chi connectivity index (χ0) is 26.1. The molecule has 2 N–H and O–H groups in total. The maximum atomic E-state index is 13.2. The van der Waals surface area contributed by atoms with Gasteiger partial charge < -0.3 is 10.6 Å². The second-order valence-corrected chi connectivity index (χ2v) is 9.71. The third-order valence-electron chi connectivity index (χ3n) is 6.46. The molecule has 0 spiro atoms. The molecule has 0 aromatic heterocycles. The summed E-state index contributed by atoms with van der Waals surface area (Å²) >= 11 is 5.34. The fraction of sp³-hybridized carbons (Fsp3) is 0.720. The molecule has 0 amide bonds. The highest BCUT2D eigenvalue weighted by Gasteiger charge is 2.37. The van der Waals surface area contributed by atoms with E-state index in [1.54, 1.807) is 0 Å². The summed E-state index contributed by atoms with van der Waals surface area (Å²) in [6, 6.07) is 1.64. The van der Waals surface area contributed by atoms with Crippen LogP contribution in [0.15, 0.2) is 18.2 Å². The van der Waals surface area contributed by atoms with Gasteiger partial charge in [0.2, 0.25) is 0 Å². The topological polar surface area (TPSA) is 27.3 Å². The standard InChI is InChI=1S/C25H37F6N3S/c1-3-5-9-13-34(14-10-6-4-2)22-12-8-7-11-21(22)33-23(35)32-20-16-18(24(26,27)28)15-19(17-20)25(29,30)31/h15-17,21-22H,3-14H2,1-2H3,(H2,32,33,35). The van der Waals surface area contributed by atoms with Crippen molar-refractivity contribution in [3.05, 3.63) is 29.3 Å². The van der Waals surface area contributed by atoms with E-state index < -0.39 is 23.5 Å². The van der Waals surface area contributed by atoms with Crippen LogP contribution in [0.25, 0.3) is 0 Å². The second-order valence-electron chi connectivity index (χ2n) is 9.30. The Morgan fingerprint density at radius 1 is 0.857 bits per heavy atom. The van der Waals surface area contributed by atoms with Gasteiger partial charge in [-0.15, -0.1) is 0 Å². The minimum absolute atomic E-state index is 0.0140. The summed E-state index contributed by atoms with van der Waals surface area (Å²) in [7, 11) is 0. The molecular formula is C25H37F6N3S. The van der Waals surface area contributed by atoms with Crippen LogP contribution in [-0.2, 0) is 12.4 Å². The van der Waals surface area contributed by atoms with Crippen molar-refractivity contribution in [2.45, 2.75) is 102 Å². The molecule has 3 nitrogen and oxygen atoms in total. The molecule has 200 valence electrons. The van der Waals surface area contributed by atoms with E-state index in [9.17, 15) is 26.3 Å². The number of hydrogen-bond donors (Lipinski definition) is 2. The molecular weight excluding hydrogens is 488 g/mol. The molecule has 2 atom stereocenters. The van der Waals surface area contributed by atoms with Crippen LogP contribution >= 0.6 is 12.2 Å². The van der Waals surface area contributed by atoms with E-state index in [4.69, 9.17) is 12.2 Å². The summed E-state index contributed by atoms with van der Waals surface area (Å²) in [5.41, 5.74) is -3.07. The molecule has 0 aliphatic heterocycles. The molecule has 1 aliphatic rings. The van der Waals surface area contributed by atoms with Crippen LogP contribution in [-0.4, -0.2) is 35.2 Å². The number of benzene rings is 1. The average Bonchev–Trinajstić information content (AvgIpc) is 2.77. The number of halogens is 6. The molecule has 1 aliphatic carbocycles. The fourth-order valence-electron chi connectivity index (χ4n) is 4.65. The SMILES string of the molecule is CCCCCN(CCCCC)C1CCCCC1NC(=S)Nc1cc(C(F)(F)F)cc(C(F)(F)F)c1. The van der Waals surface area contributed by atoms with Crippen molar-refractivity contribution in [1.29, 1.82) is 0 Å². The minimum Gasteiger partial charge on any atom is -0.358 e. The first-order valence-electron chi connectivity index (χ1n) is 12.6. The molecule has 1 aromatic rings. The summed E-state index contributed by atoms with van der Waals surface area (Å²) in [6.07, 6.45) is 0.842. The van der Waals surface area contributed by atoms with E-state index >= 15 is 0 Å². The summed E-state index contributed by atoms with van der Waals surface area (Å²) in [4.78, 5) is 2.50. The third-order valence-corrected chi connectivity index (χ3v) is 6.68. The number of rotatable bonds is 11. The van der Waals surface area contributed by atoms with Gasteiger partial charge in [-0.3, -0.25) is 4.90 Å². The highest BCUT2D eigenvalue weighted by molar-refractivity contribution is 7.80. The van der Waals surface area contributed by atoms with Crippen molar-refractivity contribution >= 4 is 23.0 Å². The Kier molecular flexibility index (Phi) is 11.6. The van der Waals surface area contributed by atoms with Gasteiger partial charge in [-0.25, -0.2) is 0 Å². The lowest BCUT2D eigenvalue weighted by Crippen LogP contribution is -2.54. The number of nitrogens with one attached hydrogen (secondary N) is 2. The van der Waals surface area contributed by atoms with Crippen molar-refractivity contribution in [2.24, 2.45) is 0 Å². The third kappa shape index (κ3) is 9.79. The van der Waals surface area contributed by atoms with Crippen LogP contribution in [0.4, 0.5) is 32.0 Å². The van der Waals surface area contributed by atoms with Crippen LogP contribution in [0.2, 0.25) is 0 Å². The number of thiocarbonyl (C=S) groups is 1. The Bertz CT molecular complexity index is 754. The van der Waals surface area contributed by atoms with Crippen LogP contribution in [0.3, 0.4) is 0 Å². The molecule has 0 heterocycles. The lowest BCUT2D eigenvalue weighted by molar-refractivity contribution is -0.143. The Labute approximate surface area is 210 Å². The summed E-state index contributed by atoms with van der Waals surface area (Å²) in [6.45, 7) is 6.27. The molecule has 10 heteroatoms. The van der Waals surface area contributed by atoms with E-state index in [2.05, 4.69) is 29.4 Å². The quantitative estimate of drug-likeness (QED) is 0.174. The van der Waals surface area contributed by atoms with Gasteiger partial charge in [0.05, 0.1) is 11.1 Å². The summed E-state index contributed by atoms with van der Waals surface area (Å²) in [5.74, 6) is 0. The number of anilines is 1. The van der Waals surface area contributed by atoms with Crippen molar-refractivity contribution in [3.63, 3.8) is 0 Å². The van der Waals surface area contributed by atoms with Gasteiger partial charge in [0.1, 0.15) is 0 Å². The maximum Gasteiger partial charge on any atom is 0.416 e. The molecule has 1 aromatic carbocycles. The van der Waals surface area contributed by atoms with Crippen molar-refractivity contribution in [1.82, 2.24) is 10.2 Å². The number of nitrogens with zero attached hydrogens (tertiary/aromatic N) is 1. The molecule has 2 rings (SSSR count). The Morgan fingerprint density at radius 2 is 1.37 bits per heavy atom. The van der Waals surface area contributed by atoms with E-state index in [0.29, 0.717) is 12.1 Å². The van der Waals surface area contributed by atoms with Gasteiger partial charge in [-0.2, -0.15) is 26.3 Å². The predicted octanol–water partition coefficient (Wildman–Crippen LogP) is 8.00. The van der Waals surface area contributed by atoms with Crippen molar-refractivity contribution < 1.29 is 26.3 Å². The Hall–Kier alpha value is -1.55. The summed E-state index contributed by atoms with van der Waals surface area (Å²) < 4.78 is 79.2. The second kappa shape index (κ2) is 13.7. The highest BCUT2D eigenvalue weighted by atomic mass is 32.1. The normalized spacial score (nSPS) is 19.1. The predicted molar refractivity (Wildman–Crippen MR) is 132 cm³/mol. The molecule has 0 saturated heterocycles. The highest BCUT2D eigenvalue weighted by Crippen LogP contribution is 2.37. The average molecular weight is 526 g/mol. The monoisotopic (exact) mass is 525 g/mol. The van der Waals surface area contributed by atoms with E-state index in [1.807, 2.05) is 0 Å². The number of alkyl halides is 6. The van der Waals surface area contributed by atoms with Crippen LogP contribution in [0, 0.1) is 0 Å². The van der Waals surface area contributed by atoms with Crippen molar-refractivity contribution in [2.75, 3.05) is 18.4 Å². The fourth-order valence-corrected chi connectivity index (χ4v) is 4.92. The van der Waals surface area contributed by atoms with Crippen LogP contribution < -0.4 is 10.6 Å². The Balaban J connectivity index is 2.15. The lowest BCUT2D eigenvalue weighted by Gasteiger charge is -2.41. The number of unbranched alkanes of at least 4 members (excludes halogenated alkanes) is 4. The van der Waals surface area contributed by atoms with Gasteiger partial charge in [-0.1, -0.05) is 52.4 Å². The lowest BCUT2D eigenvalue weighted by atomic mass is 9.88. The van der Waals surface area contributed by atoms with E-state index in [1.165, 1.54) is 0 Å². The van der Waals surface area contributed by atoms with Crippen LogP contribution in [0.5, 0.6) is 0 Å². The zero-order valence-electron chi connectivity index (χ0n) is 20.5. The van der Waals surface area contributed by atoms with E-state index in [-0.39, 0.29) is 28.9 Å². The maximum absolute atomic E-state index is 13.2. The molecule has 35 heavy (non-hydrogen) atoms. The molecule has 0 radical (unpaired) electrons. The van der Waals surface area contributed by atoms with Gasteiger partial charge in [0, 0.05) is 17.8 Å². The molecule has 2 unspecified atom stereocenters. The zero-order valence-corrected chi connectivity index (χ0v) is 21.3.